The summed E-state index contributed by atoms with van der Waals surface area (Å²) in [5, 5.41) is 3.08. The molecule has 0 bridgehead atoms. The van der Waals surface area contributed by atoms with Crippen LogP contribution in [0.15, 0.2) is 10.4 Å². The van der Waals surface area contributed by atoms with E-state index in [9.17, 15) is 0 Å². The van der Waals surface area contributed by atoms with Gasteiger partial charge in [-0.3, -0.25) is 0 Å². The van der Waals surface area contributed by atoms with Gasteiger partial charge in [-0.15, -0.1) is 35.3 Å². The minimum Gasteiger partial charge on any atom is -0.370 e. The van der Waals surface area contributed by atoms with Crippen molar-refractivity contribution >= 4 is 41.3 Å². The van der Waals surface area contributed by atoms with Crippen molar-refractivity contribution in [2.45, 2.75) is 33.2 Å². The van der Waals surface area contributed by atoms with E-state index < -0.39 is 0 Å². The molecule has 1 aromatic rings. The van der Waals surface area contributed by atoms with Crippen LogP contribution >= 0.6 is 35.3 Å². The maximum Gasteiger partial charge on any atom is 0.191 e. The Kier molecular flexibility index (Phi) is 6.34. The molecule has 1 saturated heterocycles. The van der Waals surface area contributed by atoms with Gasteiger partial charge in [-0.25, -0.2) is 9.98 Å². The number of nitrogens with two attached hydrogens (primary N) is 1. The van der Waals surface area contributed by atoms with Gasteiger partial charge in [0.15, 0.2) is 5.96 Å². The third-order valence-electron chi connectivity index (χ3n) is 3.15. The Morgan fingerprint density at radius 2 is 2.22 bits per heavy atom. The number of guanidine groups is 1. The van der Waals surface area contributed by atoms with Crippen LogP contribution in [0.25, 0.3) is 0 Å². The lowest BCUT2D eigenvalue weighted by molar-refractivity contribution is 0.277. The Morgan fingerprint density at radius 1 is 1.56 bits per heavy atom. The highest BCUT2D eigenvalue weighted by molar-refractivity contribution is 14.0. The fourth-order valence-electron chi connectivity index (χ4n) is 1.96. The van der Waals surface area contributed by atoms with Crippen LogP contribution in [0, 0.1) is 12.8 Å². The predicted molar refractivity (Wildman–Crippen MR) is 87.6 cm³/mol. The molecule has 1 fully saturated rings. The molecule has 18 heavy (non-hydrogen) atoms. The van der Waals surface area contributed by atoms with Crippen molar-refractivity contribution in [3.8, 4) is 0 Å². The van der Waals surface area contributed by atoms with E-state index in [2.05, 4.69) is 21.8 Å². The van der Waals surface area contributed by atoms with Crippen LogP contribution in [0.4, 0.5) is 0 Å². The van der Waals surface area contributed by atoms with Gasteiger partial charge in [0, 0.05) is 24.2 Å². The standard InChI is InChI=1S/C12H20N4S.HI/c1-9-3-5-16(6-4-9)12(13)14-7-11-15-10(2)8-17-11;/h8-9H,3-7H2,1-2H3,(H2,13,14);1H. The summed E-state index contributed by atoms with van der Waals surface area (Å²) in [5.74, 6) is 1.49. The Labute approximate surface area is 130 Å². The van der Waals surface area contributed by atoms with E-state index in [0.29, 0.717) is 12.5 Å². The van der Waals surface area contributed by atoms with Crippen molar-refractivity contribution in [1.82, 2.24) is 9.88 Å². The van der Waals surface area contributed by atoms with Gasteiger partial charge in [-0.2, -0.15) is 0 Å². The van der Waals surface area contributed by atoms with Crippen molar-refractivity contribution in [2.75, 3.05) is 13.1 Å². The molecule has 0 radical (unpaired) electrons. The van der Waals surface area contributed by atoms with E-state index in [1.807, 2.05) is 12.3 Å². The highest BCUT2D eigenvalue weighted by atomic mass is 127. The van der Waals surface area contributed by atoms with E-state index in [1.165, 1.54) is 12.8 Å². The van der Waals surface area contributed by atoms with Gasteiger partial charge in [0.05, 0.1) is 6.54 Å². The summed E-state index contributed by atoms with van der Waals surface area (Å²) in [6.07, 6.45) is 2.43. The van der Waals surface area contributed by atoms with Gasteiger partial charge in [0.1, 0.15) is 5.01 Å². The Balaban J connectivity index is 0.00000162. The Hall–Kier alpha value is -0.370. The van der Waals surface area contributed by atoms with Gasteiger partial charge in [0.2, 0.25) is 0 Å². The second-order valence-corrected chi connectivity index (χ2v) is 5.67. The first-order valence-electron chi connectivity index (χ1n) is 6.11. The van der Waals surface area contributed by atoms with Crippen molar-refractivity contribution in [3.05, 3.63) is 16.1 Å². The van der Waals surface area contributed by atoms with E-state index in [1.54, 1.807) is 11.3 Å². The third-order valence-corrected chi connectivity index (χ3v) is 4.10. The molecule has 0 aromatic carbocycles. The minimum absolute atomic E-state index is 0. The van der Waals surface area contributed by atoms with Crippen molar-refractivity contribution < 1.29 is 0 Å². The summed E-state index contributed by atoms with van der Waals surface area (Å²) in [6, 6.07) is 0. The fraction of sp³-hybridized carbons (Fsp3) is 0.667. The molecule has 6 heteroatoms. The summed E-state index contributed by atoms with van der Waals surface area (Å²) >= 11 is 1.65. The van der Waals surface area contributed by atoms with E-state index in [-0.39, 0.29) is 24.0 Å². The minimum atomic E-state index is 0. The lowest BCUT2D eigenvalue weighted by Crippen LogP contribution is -2.42. The second-order valence-electron chi connectivity index (χ2n) is 4.73. The lowest BCUT2D eigenvalue weighted by Gasteiger charge is -2.30. The van der Waals surface area contributed by atoms with Crippen LogP contribution in [0.3, 0.4) is 0 Å². The average Bonchev–Trinajstić information content (AvgIpc) is 2.73. The van der Waals surface area contributed by atoms with Crippen LogP contribution in [0.5, 0.6) is 0 Å². The van der Waals surface area contributed by atoms with Gasteiger partial charge in [-0.1, -0.05) is 6.92 Å². The number of aryl methyl sites for hydroxylation is 1. The highest BCUT2D eigenvalue weighted by Crippen LogP contribution is 2.16. The topological polar surface area (TPSA) is 54.5 Å². The van der Waals surface area contributed by atoms with Crippen LogP contribution in [0.2, 0.25) is 0 Å². The van der Waals surface area contributed by atoms with E-state index in [4.69, 9.17) is 5.73 Å². The number of hydrogen-bond acceptors (Lipinski definition) is 3. The number of piperidine rings is 1. The van der Waals surface area contributed by atoms with Gasteiger partial charge in [0.25, 0.3) is 0 Å². The summed E-state index contributed by atoms with van der Waals surface area (Å²) in [6.45, 7) is 6.97. The molecule has 0 spiro atoms. The molecule has 0 atom stereocenters. The number of aliphatic imine (C=N–C) groups is 1. The fourth-order valence-corrected chi connectivity index (χ4v) is 2.66. The predicted octanol–water partition coefficient (Wildman–Crippen LogP) is 2.62. The molecule has 1 aliphatic heterocycles. The molecular formula is C12H21IN4S. The number of halogens is 1. The maximum atomic E-state index is 6.00. The molecule has 1 aromatic heterocycles. The number of likely N-dealkylation sites (tertiary alicyclic amines) is 1. The molecule has 2 N–H and O–H groups in total. The first-order chi connectivity index (χ1) is 8.15. The van der Waals surface area contributed by atoms with Crippen molar-refractivity contribution in [1.29, 1.82) is 0 Å². The zero-order valence-electron chi connectivity index (χ0n) is 10.9. The molecule has 0 aliphatic carbocycles. The number of hydrogen-bond donors (Lipinski definition) is 1. The van der Waals surface area contributed by atoms with Gasteiger partial charge < -0.3 is 10.6 Å². The van der Waals surface area contributed by atoms with Crippen molar-refractivity contribution in [3.63, 3.8) is 0 Å². The molecule has 4 nitrogen and oxygen atoms in total. The molecule has 1 aliphatic rings. The monoisotopic (exact) mass is 380 g/mol. The van der Waals surface area contributed by atoms with Gasteiger partial charge >= 0.3 is 0 Å². The SMILES string of the molecule is Cc1csc(CN=C(N)N2CCC(C)CC2)n1.I. The smallest absolute Gasteiger partial charge is 0.191 e. The lowest BCUT2D eigenvalue weighted by atomic mass is 10.00. The zero-order valence-corrected chi connectivity index (χ0v) is 14.1. The number of aromatic nitrogens is 1. The summed E-state index contributed by atoms with van der Waals surface area (Å²) < 4.78 is 0. The second kappa shape index (κ2) is 7.28. The molecule has 0 saturated carbocycles. The van der Waals surface area contributed by atoms with Crippen LogP contribution in [0.1, 0.15) is 30.5 Å². The van der Waals surface area contributed by atoms with Crippen molar-refractivity contribution in [2.24, 2.45) is 16.6 Å². The number of rotatable bonds is 2. The summed E-state index contributed by atoms with van der Waals surface area (Å²) in [7, 11) is 0. The quantitative estimate of drug-likeness (QED) is 0.488. The molecule has 2 heterocycles. The molecular weight excluding hydrogens is 359 g/mol. The highest BCUT2D eigenvalue weighted by Gasteiger charge is 2.16. The molecule has 2 rings (SSSR count). The maximum absolute atomic E-state index is 6.00. The van der Waals surface area contributed by atoms with Crippen LogP contribution in [-0.2, 0) is 6.54 Å². The normalized spacial score (nSPS) is 17.7. The zero-order chi connectivity index (χ0) is 12.3. The first-order valence-corrected chi connectivity index (χ1v) is 6.99. The van der Waals surface area contributed by atoms with E-state index >= 15 is 0 Å². The third kappa shape index (κ3) is 4.38. The largest absolute Gasteiger partial charge is 0.370 e. The summed E-state index contributed by atoms with van der Waals surface area (Å²) in [5.41, 5.74) is 7.06. The average molecular weight is 380 g/mol. The number of thiazole rings is 1. The van der Waals surface area contributed by atoms with Crippen LogP contribution < -0.4 is 5.73 Å². The molecule has 102 valence electrons. The Morgan fingerprint density at radius 3 is 2.78 bits per heavy atom. The Bertz CT molecular complexity index is 397. The molecule has 0 amide bonds. The molecule has 0 unspecified atom stereocenters. The van der Waals surface area contributed by atoms with E-state index in [0.717, 1.165) is 29.7 Å². The van der Waals surface area contributed by atoms with Gasteiger partial charge in [-0.05, 0) is 25.7 Å². The van der Waals surface area contributed by atoms with Crippen LogP contribution in [-0.4, -0.2) is 28.9 Å². The number of nitrogens with zero attached hydrogens (tertiary/aromatic N) is 3. The first kappa shape index (κ1) is 15.7. The summed E-state index contributed by atoms with van der Waals surface area (Å²) in [4.78, 5) is 11.0.